The number of nitrogens with one attached hydrogen (secondary N) is 1. The molecule has 0 atom stereocenters. The molecule has 0 bridgehead atoms. The van der Waals surface area contributed by atoms with Crippen molar-refractivity contribution in [3.63, 3.8) is 0 Å². The first-order valence-corrected chi connectivity index (χ1v) is 6.76. The largest absolute Gasteiger partial charge is 0.381 e. The maximum absolute atomic E-state index is 11.6. The summed E-state index contributed by atoms with van der Waals surface area (Å²) in [6.07, 6.45) is 0.765. The average molecular weight is 321 g/mol. The van der Waals surface area contributed by atoms with Gasteiger partial charge in [0.1, 0.15) is 6.61 Å². The minimum absolute atomic E-state index is 0.249. The lowest BCUT2D eigenvalue weighted by molar-refractivity contribution is 0.0935. The van der Waals surface area contributed by atoms with Crippen LogP contribution in [0.25, 0.3) is 0 Å². The van der Waals surface area contributed by atoms with E-state index < -0.39 is 0 Å². The van der Waals surface area contributed by atoms with Crippen molar-refractivity contribution in [2.75, 3.05) is 32.2 Å². The van der Waals surface area contributed by atoms with Crippen LogP contribution in [0.15, 0.2) is 10.6 Å². The van der Waals surface area contributed by atoms with Gasteiger partial charge in [0, 0.05) is 31.7 Å². The Kier molecular flexibility index (Phi) is 7.63. The Labute approximate surface area is 114 Å². The minimum atomic E-state index is -0.249. The third-order valence-corrected chi connectivity index (χ3v) is 2.37. The van der Waals surface area contributed by atoms with E-state index in [1.165, 1.54) is 0 Å². The van der Waals surface area contributed by atoms with E-state index in [1.54, 1.807) is 13.2 Å². The van der Waals surface area contributed by atoms with Gasteiger partial charge in [0.05, 0.1) is 6.61 Å². The van der Waals surface area contributed by atoms with Crippen LogP contribution >= 0.6 is 15.9 Å². The standard InChI is InChI=1S/C11H17BrN2O4/c1-16-8-9-7-10(14-18-9)11(15)13-4-2-5-17-6-3-12/h7H,2-6,8H2,1H3,(H,13,15). The van der Waals surface area contributed by atoms with Crippen LogP contribution in [0.1, 0.15) is 22.7 Å². The highest BCUT2D eigenvalue weighted by molar-refractivity contribution is 9.09. The van der Waals surface area contributed by atoms with Gasteiger partial charge in [0.2, 0.25) is 0 Å². The second-order valence-electron chi connectivity index (χ2n) is 3.52. The second kappa shape index (κ2) is 9.07. The lowest BCUT2D eigenvalue weighted by atomic mass is 10.3. The summed E-state index contributed by atoms with van der Waals surface area (Å²) >= 11 is 3.26. The van der Waals surface area contributed by atoms with Gasteiger partial charge in [-0.2, -0.15) is 0 Å². The third-order valence-electron chi connectivity index (χ3n) is 2.05. The molecule has 7 heteroatoms. The number of ether oxygens (including phenoxy) is 2. The number of rotatable bonds is 9. The molecule has 0 fully saturated rings. The summed E-state index contributed by atoms with van der Waals surface area (Å²) in [4.78, 5) is 11.6. The van der Waals surface area contributed by atoms with Crippen molar-refractivity contribution in [1.29, 1.82) is 0 Å². The lowest BCUT2D eigenvalue weighted by Gasteiger charge is -2.03. The Hall–Kier alpha value is -0.920. The molecule has 0 saturated heterocycles. The molecule has 18 heavy (non-hydrogen) atoms. The highest BCUT2D eigenvalue weighted by atomic mass is 79.9. The van der Waals surface area contributed by atoms with E-state index in [0.29, 0.717) is 32.1 Å². The quantitative estimate of drug-likeness (QED) is 0.549. The molecule has 0 unspecified atom stereocenters. The molecular weight excluding hydrogens is 304 g/mol. The maximum atomic E-state index is 11.6. The van der Waals surface area contributed by atoms with Gasteiger partial charge >= 0.3 is 0 Å². The Bertz CT molecular complexity index is 357. The number of amides is 1. The summed E-state index contributed by atoms with van der Waals surface area (Å²) in [7, 11) is 1.55. The molecule has 0 aromatic carbocycles. The predicted octanol–water partition coefficient (Wildman–Crippen LogP) is 1.35. The zero-order chi connectivity index (χ0) is 13.2. The number of alkyl halides is 1. The van der Waals surface area contributed by atoms with Gasteiger partial charge in [-0.15, -0.1) is 0 Å². The van der Waals surface area contributed by atoms with Crippen LogP contribution in [0.5, 0.6) is 0 Å². The van der Waals surface area contributed by atoms with Crippen molar-refractivity contribution in [1.82, 2.24) is 10.5 Å². The van der Waals surface area contributed by atoms with Crippen molar-refractivity contribution in [2.45, 2.75) is 13.0 Å². The van der Waals surface area contributed by atoms with Gasteiger partial charge in [-0.1, -0.05) is 21.1 Å². The summed E-state index contributed by atoms with van der Waals surface area (Å²) < 4.78 is 15.0. The lowest BCUT2D eigenvalue weighted by Crippen LogP contribution is -2.25. The first-order valence-electron chi connectivity index (χ1n) is 5.64. The molecule has 1 aromatic heterocycles. The van der Waals surface area contributed by atoms with Crippen molar-refractivity contribution in [3.8, 4) is 0 Å². The van der Waals surface area contributed by atoms with Gasteiger partial charge < -0.3 is 19.3 Å². The Morgan fingerprint density at radius 2 is 2.39 bits per heavy atom. The van der Waals surface area contributed by atoms with E-state index in [4.69, 9.17) is 14.0 Å². The summed E-state index contributed by atoms with van der Waals surface area (Å²) in [5.74, 6) is 0.282. The number of methoxy groups -OCH3 is 1. The first-order chi connectivity index (χ1) is 8.77. The van der Waals surface area contributed by atoms with Crippen molar-refractivity contribution < 1.29 is 18.8 Å². The number of halogens is 1. The van der Waals surface area contributed by atoms with E-state index in [0.717, 1.165) is 11.8 Å². The van der Waals surface area contributed by atoms with Gasteiger partial charge in [0.25, 0.3) is 5.91 Å². The SMILES string of the molecule is COCc1cc(C(=O)NCCCOCCBr)no1. The van der Waals surface area contributed by atoms with Crippen molar-refractivity contribution >= 4 is 21.8 Å². The number of nitrogens with zero attached hydrogens (tertiary/aromatic N) is 1. The van der Waals surface area contributed by atoms with Crippen LogP contribution in [-0.4, -0.2) is 43.3 Å². The Balaban J connectivity index is 2.19. The number of aromatic nitrogens is 1. The van der Waals surface area contributed by atoms with Crippen LogP contribution in [0.3, 0.4) is 0 Å². The molecule has 1 heterocycles. The summed E-state index contributed by atoms with van der Waals surface area (Å²) in [5, 5.41) is 7.22. The van der Waals surface area contributed by atoms with Crippen molar-refractivity contribution in [3.05, 3.63) is 17.5 Å². The molecule has 0 radical (unpaired) electrons. The smallest absolute Gasteiger partial charge is 0.273 e. The van der Waals surface area contributed by atoms with E-state index >= 15 is 0 Å². The van der Waals surface area contributed by atoms with Gasteiger partial charge in [-0.3, -0.25) is 4.79 Å². The van der Waals surface area contributed by atoms with E-state index in [-0.39, 0.29) is 11.6 Å². The number of carbonyl (C=O) groups is 1. The Morgan fingerprint density at radius 3 is 3.11 bits per heavy atom. The van der Waals surface area contributed by atoms with Crippen LogP contribution in [0, 0.1) is 0 Å². The number of carbonyl (C=O) groups excluding carboxylic acids is 1. The fourth-order valence-electron chi connectivity index (χ4n) is 1.25. The average Bonchev–Trinajstić information content (AvgIpc) is 2.82. The zero-order valence-corrected chi connectivity index (χ0v) is 11.9. The molecule has 102 valence electrons. The molecule has 0 aliphatic carbocycles. The normalized spacial score (nSPS) is 10.6. The monoisotopic (exact) mass is 320 g/mol. The fourth-order valence-corrected chi connectivity index (χ4v) is 1.48. The summed E-state index contributed by atoms with van der Waals surface area (Å²) in [5.41, 5.74) is 0.267. The van der Waals surface area contributed by atoms with Crippen LogP contribution in [-0.2, 0) is 16.1 Å². The van der Waals surface area contributed by atoms with Crippen LogP contribution < -0.4 is 5.32 Å². The molecule has 0 saturated carbocycles. The topological polar surface area (TPSA) is 73.6 Å². The third kappa shape index (κ3) is 5.61. The second-order valence-corrected chi connectivity index (χ2v) is 4.32. The molecule has 1 aromatic rings. The highest BCUT2D eigenvalue weighted by Crippen LogP contribution is 2.04. The number of hydrogen-bond acceptors (Lipinski definition) is 5. The summed E-state index contributed by atoms with van der Waals surface area (Å²) in [6, 6.07) is 1.57. The Morgan fingerprint density at radius 1 is 1.56 bits per heavy atom. The van der Waals surface area contributed by atoms with Gasteiger partial charge in [0.15, 0.2) is 11.5 Å². The van der Waals surface area contributed by atoms with Gasteiger partial charge in [-0.05, 0) is 6.42 Å². The summed E-state index contributed by atoms with van der Waals surface area (Å²) in [6.45, 7) is 2.16. The fraction of sp³-hybridized carbons (Fsp3) is 0.636. The molecule has 0 aliphatic heterocycles. The number of hydrogen-bond donors (Lipinski definition) is 1. The molecule has 1 rings (SSSR count). The van der Waals surface area contributed by atoms with Crippen LogP contribution in [0.4, 0.5) is 0 Å². The van der Waals surface area contributed by atoms with Gasteiger partial charge in [-0.25, -0.2) is 0 Å². The van der Waals surface area contributed by atoms with Crippen LogP contribution in [0.2, 0.25) is 0 Å². The molecule has 1 N–H and O–H groups in total. The molecule has 6 nitrogen and oxygen atoms in total. The van der Waals surface area contributed by atoms with E-state index in [2.05, 4.69) is 26.4 Å². The highest BCUT2D eigenvalue weighted by Gasteiger charge is 2.11. The van der Waals surface area contributed by atoms with E-state index in [1.807, 2.05) is 0 Å². The van der Waals surface area contributed by atoms with E-state index in [9.17, 15) is 4.79 Å². The maximum Gasteiger partial charge on any atom is 0.273 e. The van der Waals surface area contributed by atoms with Crippen molar-refractivity contribution in [2.24, 2.45) is 0 Å². The molecule has 0 aliphatic rings. The molecule has 1 amide bonds. The predicted molar refractivity (Wildman–Crippen MR) is 68.8 cm³/mol. The molecular formula is C11H17BrN2O4. The zero-order valence-electron chi connectivity index (χ0n) is 10.3. The molecule has 0 spiro atoms. The first kappa shape index (κ1) is 15.1. The minimum Gasteiger partial charge on any atom is -0.381 e.